The lowest BCUT2D eigenvalue weighted by Crippen LogP contribution is -2.56. The Kier molecular flexibility index (Phi) is 9.91. The van der Waals surface area contributed by atoms with Crippen molar-refractivity contribution in [1.29, 1.82) is 0 Å². The predicted molar refractivity (Wildman–Crippen MR) is 151 cm³/mol. The Labute approximate surface area is 242 Å². The first-order chi connectivity index (χ1) is 18.8. The van der Waals surface area contributed by atoms with Gasteiger partial charge in [-0.05, 0) is 49.6 Å². The van der Waals surface area contributed by atoms with Crippen molar-refractivity contribution < 1.29 is 28.6 Å². The number of hydrogen-bond donors (Lipinski definition) is 1. The molecule has 0 radical (unpaired) electrons. The number of nitrogens with one attached hydrogen (secondary N) is 1. The van der Waals surface area contributed by atoms with E-state index in [1.807, 2.05) is 12.1 Å². The molecule has 39 heavy (non-hydrogen) atoms. The highest BCUT2D eigenvalue weighted by atomic mass is 35.5. The maximum Gasteiger partial charge on any atom is 0.411 e. The Morgan fingerprint density at radius 3 is 2.38 bits per heavy atom. The first-order valence-electron chi connectivity index (χ1n) is 12.9. The van der Waals surface area contributed by atoms with Crippen LogP contribution in [0.5, 0.6) is 5.75 Å². The molecule has 2 amide bonds. The Morgan fingerprint density at radius 1 is 1.10 bits per heavy atom. The molecule has 1 aliphatic heterocycles. The average Bonchev–Trinajstić information content (AvgIpc) is 3.55. The number of carbonyl (C=O) groups excluding carboxylic acids is 3. The van der Waals surface area contributed by atoms with Crippen LogP contribution in [0.4, 0.5) is 4.79 Å². The number of thioether (sulfide) groups is 1. The van der Waals surface area contributed by atoms with Crippen molar-refractivity contribution in [3.63, 3.8) is 0 Å². The van der Waals surface area contributed by atoms with E-state index in [1.165, 1.54) is 7.11 Å². The largest absolute Gasteiger partial charge is 0.489 e. The van der Waals surface area contributed by atoms with Crippen LogP contribution < -0.4 is 10.1 Å². The van der Waals surface area contributed by atoms with Crippen molar-refractivity contribution in [2.24, 2.45) is 0 Å². The highest BCUT2D eigenvalue weighted by molar-refractivity contribution is 8.01. The zero-order valence-electron chi connectivity index (χ0n) is 21.9. The van der Waals surface area contributed by atoms with Crippen LogP contribution in [0, 0.1) is 0 Å². The van der Waals surface area contributed by atoms with E-state index < -0.39 is 34.9 Å². The van der Waals surface area contributed by atoms with Crippen molar-refractivity contribution in [2.45, 2.75) is 62.6 Å². The van der Waals surface area contributed by atoms with E-state index in [4.69, 9.17) is 37.4 Å². The Balaban J connectivity index is 1.42. The molecule has 2 atom stereocenters. The normalized spacial score (nSPS) is 18.6. The van der Waals surface area contributed by atoms with Crippen LogP contribution >= 0.6 is 35.0 Å². The second-order valence-electron chi connectivity index (χ2n) is 9.47. The molecule has 4 rings (SSSR count). The molecule has 0 aromatic heterocycles. The van der Waals surface area contributed by atoms with E-state index in [0.717, 1.165) is 31.2 Å². The van der Waals surface area contributed by atoms with Gasteiger partial charge in [-0.15, -0.1) is 11.8 Å². The summed E-state index contributed by atoms with van der Waals surface area (Å²) in [4.78, 5) is 40.1. The van der Waals surface area contributed by atoms with Gasteiger partial charge < -0.3 is 19.5 Å². The number of rotatable bonds is 9. The van der Waals surface area contributed by atoms with Gasteiger partial charge in [0, 0.05) is 27.8 Å². The molecule has 1 saturated carbocycles. The fraction of sp³-hybridized carbons (Fsp3) is 0.464. The molecular formula is C28H32Cl2N2O6S. The number of halogens is 2. The van der Waals surface area contributed by atoms with E-state index in [-0.39, 0.29) is 19.6 Å². The molecule has 1 aliphatic carbocycles. The van der Waals surface area contributed by atoms with Gasteiger partial charge in [0.25, 0.3) is 0 Å². The molecular weight excluding hydrogens is 563 g/mol. The van der Waals surface area contributed by atoms with Gasteiger partial charge in [0.2, 0.25) is 5.91 Å². The van der Waals surface area contributed by atoms with E-state index >= 15 is 0 Å². The minimum atomic E-state index is -0.926. The Bertz CT molecular complexity index is 1170. The lowest BCUT2D eigenvalue weighted by molar-refractivity contribution is -0.145. The molecule has 2 fully saturated rings. The van der Waals surface area contributed by atoms with Crippen LogP contribution in [-0.2, 0) is 32.1 Å². The third kappa shape index (κ3) is 6.76. The standard InChI is InChI=1S/C28H32Cl2N2O6S/c1-3-37-27(35)32-24(17-39-28(32)13-4-5-14-28)25(33)31-23(26(34)36-2)15-18-9-11-19(12-10-18)38-16-20-21(29)7-6-8-22(20)30/h6-12,23-24H,3-5,13-17H2,1-2H3,(H,31,33). The summed E-state index contributed by atoms with van der Waals surface area (Å²) in [7, 11) is 1.28. The lowest BCUT2D eigenvalue weighted by Gasteiger charge is -2.36. The van der Waals surface area contributed by atoms with Gasteiger partial charge in [-0.2, -0.15) is 0 Å². The first-order valence-corrected chi connectivity index (χ1v) is 14.6. The lowest BCUT2D eigenvalue weighted by atomic mass is 10.0. The number of amides is 2. The molecule has 1 N–H and O–H groups in total. The number of carbonyl (C=O) groups is 3. The van der Waals surface area contributed by atoms with E-state index in [9.17, 15) is 14.4 Å². The zero-order valence-corrected chi connectivity index (χ0v) is 24.2. The topological polar surface area (TPSA) is 94.2 Å². The van der Waals surface area contributed by atoms with Gasteiger partial charge in [-0.1, -0.05) is 54.2 Å². The number of nitrogens with zero attached hydrogens (tertiary/aromatic N) is 1. The van der Waals surface area contributed by atoms with Crippen molar-refractivity contribution in [3.05, 3.63) is 63.6 Å². The monoisotopic (exact) mass is 594 g/mol. The first kappa shape index (κ1) is 29.4. The number of ether oxygens (including phenoxy) is 3. The highest BCUT2D eigenvalue weighted by Crippen LogP contribution is 2.50. The van der Waals surface area contributed by atoms with Crippen molar-refractivity contribution in [2.75, 3.05) is 19.5 Å². The fourth-order valence-electron chi connectivity index (χ4n) is 5.04. The summed E-state index contributed by atoms with van der Waals surface area (Å²) < 4.78 is 16.1. The van der Waals surface area contributed by atoms with Gasteiger partial charge in [-0.3, -0.25) is 9.69 Å². The maximum atomic E-state index is 13.4. The van der Waals surface area contributed by atoms with Gasteiger partial charge in [0.1, 0.15) is 24.4 Å². The quantitative estimate of drug-likeness (QED) is 0.377. The number of esters is 1. The molecule has 1 spiro atoms. The van der Waals surface area contributed by atoms with Gasteiger partial charge in [-0.25, -0.2) is 9.59 Å². The van der Waals surface area contributed by atoms with Gasteiger partial charge in [0.15, 0.2) is 0 Å². The van der Waals surface area contributed by atoms with Crippen LogP contribution in [0.15, 0.2) is 42.5 Å². The minimum Gasteiger partial charge on any atom is -0.489 e. The van der Waals surface area contributed by atoms with Crippen molar-refractivity contribution in [3.8, 4) is 5.75 Å². The Morgan fingerprint density at radius 2 is 1.77 bits per heavy atom. The number of benzene rings is 2. The minimum absolute atomic E-state index is 0.205. The predicted octanol–water partition coefficient (Wildman–Crippen LogP) is 5.62. The molecule has 0 bridgehead atoms. The maximum absolute atomic E-state index is 13.4. The van der Waals surface area contributed by atoms with Gasteiger partial charge >= 0.3 is 12.1 Å². The summed E-state index contributed by atoms with van der Waals surface area (Å²) in [6.07, 6.45) is 3.34. The molecule has 2 aromatic carbocycles. The average molecular weight is 596 g/mol. The molecule has 8 nitrogen and oxygen atoms in total. The van der Waals surface area contributed by atoms with Crippen LogP contribution in [0.2, 0.25) is 10.0 Å². The van der Waals surface area contributed by atoms with Crippen LogP contribution in [0.25, 0.3) is 0 Å². The highest BCUT2D eigenvalue weighted by Gasteiger charge is 2.54. The number of methoxy groups -OCH3 is 1. The SMILES string of the molecule is CCOC(=O)N1C(C(=O)NC(Cc2ccc(OCc3c(Cl)cccc3Cl)cc2)C(=O)OC)CSC12CCCC2. The molecule has 2 aliphatic rings. The second-order valence-corrected chi connectivity index (χ2v) is 11.7. The molecule has 2 aromatic rings. The van der Waals surface area contributed by atoms with Crippen LogP contribution in [0.3, 0.4) is 0 Å². The third-order valence-corrected chi connectivity index (χ3v) is 9.36. The van der Waals surface area contributed by atoms with Crippen LogP contribution in [-0.4, -0.2) is 59.3 Å². The summed E-state index contributed by atoms with van der Waals surface area (Å²) in [6, 6.07) is 10.8. The van der Waals surface area contributed by atoms with Gasteiger partial charge in [0.05, 0.1) is 18.6 Å². The molecule has 11 heteroatoms. The van der Waals surface area contributed by atoms with Crippen molar-refractivity contribution >= 4 is 52.9 Å². The summed E-state index contributed by atoms with van der Waals surface area (Å²) in [5.41, 5.74) is 1.49. The summed E-state index contributed by atoms with van der Waals surface area (Å²) in [5.74, 6) is 0.0792. The van der Waals surface area contributed by atoms with Crippen molar-refractivity contribution in [1.82, 2.24) is 10.2 Å². The zero-order chi connectivity index (χ0) is 28.0. The molecule has 210 valence electrons. The van der Waals surface area contributed by atoms with E-state index in [1.54, 1.807) is 53.9 Å². The molecule has 2 unspecified atom stereocenters. The third-order valence-electron chi connectivity index (χ3n) is 7.02. The smallest absolute Gasteiger partial charge is 0.411 e. The number of hydrogen-bond acceptors (Lipinski definition) is 7. The second kappa shape index (κ2) is 13.2. The van der Waals surface area contributed by atoms with E-state index in [0.29, 0.717) is 27.1 Å². The molecule has 1 saturated heterocycles. The summed E-state index contributed by atoms with van der Waals surface area (Å²) in [6.45, 7) is 2.17. The van der Waals surface area contributed by atoms with Crippen LogP contribution in [0.1, 0.15) is 43.7 Å². The molecule has 1 heterocycles. The fourth-order valence-corrected chi connectivity index (χ4v) is 7.23. The van der Waals surface area contributed by atoms with E-state index in [2.05, 4.69) is 5.32 Å². The Hall–Kier alpha value is -2.62. The summed E-state index contributed by atoms with van der Waals surface area (Å²) >= 11 is 14.0. The summed E-state index contributed by atoms with van der Waals surface area (Å²) in [5, 5.41) is 3.88.